The van der Waals surface area contributed by atoms with Crippen LogP contribution in [0.25, 0.3) is 0 Å². The third kappa shape index (κ3) is 5.57. The quantitative estimate of drug-likeness (QED) is 0.379. The fraction of sp³-hybridized carbons (Fsp3) is 0.412. The Kier molecular flexibility index (Phi) is 6.76. The van der Waals surface area contributed by atoms with Crippen molar-refractivity contribution in [1.82, 2.24) is 20.3 Å². The van der Waals surface area contributed by atoms with E-state index in [1.165, 1.54) is 0 Å². The van der Waals surface area contributed by atoms with E-state index in [-0.39, 0.29) is 11.4 Å². The molecule has 0 aliphatic heterocycles. The lowest BCUT2D eigenvalue weighted by Gasteiger charge is -2.11. The van der Waals surface area contributed by atoms with E-state index in [0.717, 1.165) is 17.0 Å². The van der Waals surface area contributed by atoms with Gasteiger partial charge in [0.25, 0.3) is 0 Å². The third-order valence-corrected chi connectivity index (χ3v) is 5.22. The van der Waals surface area contributed by atoms with Crippen molar-refractivity contribution in [2.45, 2.75) is 32.2 Å². The fourth-order valence-electron chi connectivity index (χ4n) is 2.16. The summed E-state index contributed by atoms with van der Waals surface area (Å²) in [4.78, 5) is 8.61. The summed E-state index contributed by atoms with van der Waals surface area (Å²) in [5, 5.41) is 6.10. The molecule has 0 atom stereocenters. The molecule has 26 heavy (non-hydrogen) atoms. The van der Waals surface area contributed by atoms with Crippen molar-refractivity contribution in [2.24, 2.45) is 4.99 Å². The van der Waals surface area contributed by atoms with E-state index in [2.05, 4.69) is 25.3 Å². The van der Waals surface area contributed by atoms with Crippen LogP contribution in [0.5, 0.6) is 0 Å². The van der Waals surface area contributed by atoms with Gasteiger partial charge in [0, 0.05) is 20.1 Å². The second kappa shape index (κ2) is 8.81. The molecule has 1 aromatic carbocycles. The second-order valence-electron chi connectivity index (χ2n) is 5.81. The van der Waals surface area contributed by atoms with Crippen molar-refractivity contribution in [1.29, 1.82) is 0 Å². The molecule has 8 nitrogen and oxygen atoms in total. The topological polar surface area (TPSA) is 109 Å². The molecular formula is C17H25N5O3S. The van der Waals surface area contributed by atoms with Gasteiger partial charge in [-0.3, -0.25) is 4.99 Å². The molecule has 0 saturated carbocycles. The van der Waals surface area contributed by atoms with Gasteiger partial charge in [-0.05, 0) is 32.9 Å². The maximum absolute atomic E-state index is 12.2. The van der Waals surface area contributed by atoms with Gasteiger partial charge in [-0.25, -0.2) is 18.1 Å². The first-order chi connectivity index (χ1) is 12.3. The Morgan fingerprint density at radius 2 is 1.81 bits per heavy atom. The van der Waals surface area contributed by atoms with E-state index in [4.69, 9.17) is 4.42 Å². The van der Waals surface area contributed by atoms with Crippen molar-refractivity contribution in [3.8, 4) is 0 Å². The predicted octanol–water partition coefficient (Wildman–Crippen LogP) is 1.24. The first kappa shape index (κ1) is 19.9. The number of oxazole rings is 1. The number of aliphatic imine (C=N–C) groups is 1. The first-order valence-corrected chi connectivity index (χ1v) is 9.74. The minimum Gasteiger partial charge on any atom is -0.444 e. The summed E-state index contributed by atoms with van der Waals surface area (Å²) in [5.74, 6) is 1.89. The van der Waals surface area contributed by atoms with Gasteiger partial charge in [0.1, 0.15) is 5.76 Å². The maximum atomic E-state index is 12.2. The molecule has 1 aromatic heterocycles. The molecule has 0 bridgehead atoms. The van der Waals surface area contributed by atoms with Gasteiger partial charge in [-0.1, -0.05) is 17.7 Å². The number of sulfonamides is 1. The van der Waals surface area contributed by atoms with Crippen LogP contribution in [0, 0.1) is 20.8 Å². The van der Waals surface area contributed by atoms with Crippen LogP contribution in [0.2, 0.25) is 0 Å². The number of aromatic nitrogens is 1. The zero-order valence-corrected chi connectivity index (χ0v) is 16.3. The van der Waals surface area contributed by atoms with E-state index in [1.807, 2.05) is 20.8 Å². The SMILES string of the molecule is CN=C(NCCNS(=O)(=O)c1ccc(C)cc1)NCc1nc(C)c(C)o1. The second-order valence-corrected chi connectivity index (χ2v) is 7.58. The maximum Gasteiger partial charge on any atom is 0.240 e. The van der Waals surface area contributed by atoms with Gasteiger partial charge in [0.2, 0.25) is 15.9 Å². The number of hydrogen-bond donors (Lipinski definition) is 3. The summed E-state index contributed by atoms with van der Waals surface area (Å²) in [6.45, 7) is 6.66. The van der Waals surface area contributed by atoms with E-state index < -0.39 is 10.0 Å². The van der Waals surface area contributed by atoms with E-state index in [0.29, 0.717) is 24.9 Å². The molecule has 0 fully saturated rings. The highest BCUT2D eigenvalue weighted by Gasteiger charge is 2.12. The molecule has 1 heterocycles. The molecule has 9 heteroatoms. The van der Waals surface area contributed by atoms with Gasteiger partial charge in [0.05, 0.1) is 17.1 Å². The van der Waals surface area contributed by atoms with Gasteiger partial charge in [-0.2, -0.15) is 0 Å². The third-order valence-electron chi connectivity index (χ3n) is 3.74. The van der Waals surface area contributed by atoms with Crippen LogP contribution in [0.15, 0.2) is 38.6 Å². The average Bonchev–Trinajstić information content (AvgIpc) is 2.92. The Hall–Kier alpha value is -2.39. The molecule has 0 aliphatic carbocycles. The molecule has 0 unspecified atom stereocenters. The highest BCUT2D eigenvalue weighted by molar-refractivity contribution is 7.89. The van der Waals surface area contributed by atoms with Gasteiger partial charge in [-0.15, -0.1) is 0 Å². The van der Waals surface area contributed by atoms with Gasteiger partial charge in [0.15, 0.2) is 5.96 Å². The lowest BCUT2D eigenvalue weighted by Crippen LogP contribution is -2.41. The average molecular weight is 379 g/mol. The van der Waals surface area contributed by atoms with Crippen LogP contribution in [0.4, 0.5) is 0 Å². The first-order valence-electron chi connectivity index (χ1n) is 8.25. The monoisotopic (exact) mass is 379 g/mol. The molecule has 142 valence electrons. The van der Waals surface area contributed by atoms with Gasteiger partial charge >= 0.3 is 0 Å². The normalized spacial score (nSPS) is 12.2. The fourth-order valence-corrected chi connectivity index (χ4v) is 3.19. The highest BCUT2D eigenvalue weighted by Crippen LogP contribution is 2.09. The number of benzene rings is 1. The van der Waals surface area contributed by atoms with Crippen LogP contribution in [0.1, 0.15) is 22.9 Å². The van der Waals surface area contributed by atoms with E-state index in [9.17, 15) is 8.42 Å². The lowest BCUT2D eigenvalue weighted by atomic mass is 10.2. The van der Waals surface area contributed by atoms with Crippen molar-refractivity contribution >= 4 is 16.0 Å². The molecule has 0 saturated heterocycles. The summed E-state index contributed by atoms with van der Waals surface area (Å²) < 4.78 is 32.4. The number of guanidine groups is 1. The summed E-state index contributed by atoms with van der Waals surface area (Å²) in [6, 6.07) is 6.72. The Morgan fingerprint density at radius 1 is 1.12 bits per heavy atom. The smallest absolute Gasteiger partial charge is 0.240 e. The van der Waals surface area contributed by atoms with E-state index >= 15 is 0 Å². The van der Waals surface area contributed by atoms with Crippen LogP contribution in [0.3, 0.4) is 0 Å². The number of aryl methyl sites for hydroxylation is 3. The zero-order valence-electron chi connectivity index (χ0n) is 15.5. The molecule has 0 spiro atoms. The minimum atomic E-state index is -3.51. The zero-order chi connectivity index (χ0) is 19.2. The minimum absolute atomic E-state index is 0.230. The van der Waals surface area contributed by atoms with Crippen LogP contribution in [-0.4, -0.2) is 39.5 Å². The Bertz CT molecular complexity index is 838. The van der Waals surface area contributed by atoms with Crippen molar-refractivity contribution in [3.63, 3.8) is 0 Å². The summed E-state index contributed by atoms with van der Waals surface area (Å²) in [7, 11) is -1.88. The van der Waals surface area contributed by atoms with Gasteiger partial charge < -0.3 is 15.1 Å². The van der Waals surface area contributed by atoms with E-state index in [1.54, 1.807) is 31.3 Å². The molecule has 3 N–H and O–H groups in total. The lowest BCUT2D eigenvalue weighted by molar-refractivity contribution is 0.464. The van der Waals surface area contributed by atoms with Crippen LogP contribution >= 0.6 is 0 Å². The number of nitrogens with one attached hydrogen (secondary N) is 3. The Labute approximate surface area is 154 Å². The molecule has 0 aliphatic rings. The standard InChI is InChI=1S/C17H25N5O3S/c1-12-5-7-15(8-6-12)26(23,24)21-10-9-19-17(18-4)20-11-16-22-13(2)14(3)25-16/h5-8,21H,9-11H2,1-4H3,(H2,18,19,20). The molecule has 2 aromatic rings. The number of rotatable bonds is 7. The predicted molar refractivity (Wildman–Crippen MR) is 101 cm³/mol. The number of nitrogens with zero attached hydrogens (tertiary/aromatic N) is 2. The highest BCUT2D eigenvalue weighted by atomic mass is 32.2. The van der Waals surface area contributed by atoms with Crippen LogP contribution in [-0.2, 0) is 16.6 Å². The summed E-state index contributed by atoms with van der Waals surface area (Å²) in [6.07, 6.45) is 0. The molecule has 0 radical (unpaired) electrons. The largest absolute Gasteiger partial charge is 0.444 e. The summed E-state index contributed by atoms with van der Waals surface area (Å²) in [5.41, 5.74) is 1.87. The van der Waals surface area contributed by atoms with Crippen molar-refractivity contribution in [2.75, 3.05) is 20.1 Å². The van der Waals surface area contributed by atoms with Crippen LogP contribution < -0.4 is 15.4 Å². The Balaban J connectivity index is 1.77. The van der Waals surface area contributed by atoms with Crippen molar-refractivity contribution in [3.05, 3.63) is 47.2 Å². The Morgan fingerprint density at radius 3 is 2.38 bits per heavy atom. The van der Waals surface area contributed by atoms with Crippen molar-refractivity contribution < 1.29 is 12.8 Å². The number of hydrogen-bond acceptors (Lipinski definition) is 5. The summed E-state index contributed by atoms with van der Waals surface area (Å²) >= 11 is 0. The molecular weight excluding hydrogens is 354 g/mol. The molecule has 2 rings (SSSR count). The molecule has 0 amide bonds.